The number of nitrogens with one attached hydrogen (secondary N) is 1. The molecule has 2 rings (SSSR count). The molecule has 1 aliphatic rings. The highest BCUT2D eigenvalue weighted by atomic mass is 16.5. The average Bonchev–Trinajstić information content (AvgIpc) is 2.86. The van der Waals surface area contributed by atoms with Crippen LogP contribution in [-0.4, -0.2) is 42.2 Å². The van der Waals surface area contributed by atoms with E-state index in [4.69, 9.17) is 4.74 Å². The molecule has 1 N–H and O–H groups in total. The van der Waals surface area contributed by atoms with Gasteiger partial charge in [0.25, 0.3) is 0 Å². The predicted molar refractivity (Wildman–Crippen MR) is 72.7 cm³/mol. The zero-order valence-corrected chi connectivity index (χ0v) is 11.5. The van der Waals surface area contributed by atoms with Crippen molar-refractivity contribution in [3.05, 3.63) is 23.9 Å². The molecule has 1 aromatic rings. The molecule has 0 aliphatic carbocycles. The number of rotatable bonds is 5. The molecular weight excluding hydrogens is 226 g/mol. The Balaban J connectivity index is 1.78. The van der Waals surface area contributed by atoms with Gasteiger partial charge in [-0.25, -0.2) is 4.98 Å². The summed E-state index contributed by atoms with van der Waals surface area (Å²) in [6.45, 7) is 7.76. The van der Waals surface area contributed by atoms with Gasteiger partial charge in [0, 0.05) is 37.4 Å². The molecule has 0 amide bonds. The Kier molecular flexibility index (Phi) is 4.55. The first-order valence-electron chi connectivity index (χ1n) is 6.65. The summed E-state index contributed by atoms with van der Waals surface area (Å²) >= 11 is 0. The van der Waals surface area contributed by atoms with E-state index in [9.17, 15) is 0 Å². The fourth-order valence-corrected chi connectivity index (χ4v) is 2.32. The van der Waals surface area contributed by atoms with Crippen molar-refractivity contribution >= 4 is 0 Å². The first-order chi connectivity index (χ1) is 8.69. The number of methoxy groups -OCH3 is 1. The van der Waals surface area contributed by atoms with Crippen molar-refractivity contribution in [3.8, 4) is 5.88 Å². The largest absolute Gasteiger partial charge is 0.481 e. The molecule has 1 fully saturated rings. The molecule has 1 aromatic heterocycles. The quantitative estimate of drug-likeness (QED) is 0.861. The lowest BCUT2D eigenvalue weighted by molar-refractivity contribution is 0.268. The highest BCUT2D eigenvalue weighted by Gasteiger charge is 2.23. The molecule has 0 saturated carbocycles. The smallest absolute Gasteiger partial charge is 0.212 e. The summed E-state index contributed by atoms with van der Waals surface area (Å²) in [5.41, 5.74) is 1.21. The molecule has 100 valence electrons. The lowest BCUT2D eigenvalue weighted by Crippen LogP contribution is -2.34. The van der Waals surface area contributed by atoms with Crippen LogP contribution < -0.4 is 10.1 Å². The molecule has 0 bridgehead atoms. The third-order valence-electron chi connectivity index (χ3n) is 3.55. The fourth-order valence-electron chi connectivity index (χ4n) is 2.32. The SMILES string of the molecule is COc1ccc(CNC2CCN(C(C)C)C2)cn1. The number of nitrogens with zero attached hydrogens (tertiary/aromatic N) is 2. The molecule has 2 heterocycles. The Morgan fingerprint density at radius 2 is 2.33 bits per heavy atom. The van der Waals surface area contributed by atoms with E-state index in [2.05, 4.69) is 35.1 Å². The Morgan fingerprint density at radius 3 is 2.89 bits per heavy atom. The molecule has 1 saturated heterocycles. The van der Waals surface area contributed by atoms with Crippen LogP contribution in [0, 0.1) is 0 Å². The van der Waals surface area contributed by atoms with Crippen LogP contribution in [0.3, 0.4) is 0 Å². The molecule has 0 spiro atoms. The van der Waals surface area contributed by atoms with Gasteiger partial charge in [0.05, 0.1) is 7.11 Å². The standard InChI is InChI=1S/C14H23N3O/c1-11(2)17-7-6-13(10-17)15-8-12-4-5-14(18-3)16-9-12/h4-5,9,11,13,15H,6-8,10H2,1-3H3. The molecule has 18 heavy (non-hydrogen) atoms. The zero-order chi connectivity index (χ0) is 13.0. The molecule has 4 nitrogen and oxygen atoms in total. The molecule has 0 radical (unpaired) electrons. The monoisotopic (exact) mass is 249 g/mol. The lowest BCUT2D eigenvalue weighted by atomic mass is 10.2. The summed E-state index contributed by atoms with van der Waals surface area (Å²) in [4.78, 5) is 6.73. The van der Waals surface area contributed by atoms with E-state index in [0.717, 1.165) is 13.1 Å². The maximum atomic E-state index is 5.05. The summed E-state index contributed by atoms with van der Waals surface area (Å²) in [6, 6.07) is 5.23. The van der Waals surface area contributed by atoms with Gasteiger partial charge in [-0.1, -0.05) is 6.07 Å². The van der Waals surface area contributed by atoms with Gasteiger partial charge < -0.3 is 10.1 Å². The van der Waals surface area contributed by atoms with Crippen LogP contribution in [0.4, 0.5) is 0 Å². The summed E-state index contributed by atoms with van der Waals surface area (Å²) in [6.07, 6.45) is 3.11. The van der Waals surface area contributed by atoms with E-state index >= 15 is 0 Å². The van der Waals surface area contributed by atoms with Crippen LogP contribution in [0.5, 0.6) is 5.88 Å². The van der Waals surface area contributed by atoms with Crippen molar-refractivity contribution in [2.75, 3.05) is 20.2 Å². The van der Waals surface area contributed by atoms with E-state index in [1.54, 1.807) is 7.11 Å². The van der Waals surface area contributed by atoms with Gasteiger partial charge >= 0.3 is 0 Å². The number of pyridine rings is 1. The Labute approximate surface area is 109 Å². The van der Waals surface area contributed by atoms with Gasteiger partial charge in [-0.2, -0.15) is 0 Å². The van der Waals surface area contributed by atoms with Crippen molar-refractivity contribution in [1.29, 1.82) is 0 Å². The van der Waals surface area contributed by atoms with Crippen molar-refractivity contribution in [1.82, 2.24) is 15.2 Å². The summed E-state index contributed by atoms with van der Waals surface area (Å²) in [5, 5.41) is 3.60. The highest BCUT2D eigenvalue weighted by Crippen LogP contribution is 2.13. The van der Waals surface area contributed by atoms with Gasteiger partial charge in [-0.05, 0) is 32.4 Å². The van der Waals surface area contributed by atoms with E-state index < -0.39 is 0 Å². The highest BCUT2D eigenvalue weighted by molar-refractivity contribution is 5.17. The first kappa shape index (κ1) is 13.3. The Bertz CT molecular complexity index is 364. The second kappa shape index (κ2) is 6.16. The summed E-state index contributed by atoms with van der Waals surface area (Å²) in [7, 11) is 1.64. The molecule has 1 atom stereocenters. The number of aromatic nitrogens is 1. The van der Waals surface area contributed by atoms with Crippen molar-refractivity contribution in [2.24, 2.45) is 0 Å². The Morgan fingerprint density at radius 1 is 1.50 bits per heavy atom. The van der Waals surface area contributed by atoms with Gasteiger partial charge in [-0.3, -0.25) is 4.90 Å². The number of hydrogen-bond donors (Lipinski definition) is 1. The third-order valence-corrected chi connectivity index (χ3v) is 3.55. The normalized spacial score (nSPS) is 20.6. The van der Waals surface area contributed by atoms with Gasteiger partial charge in [0.15, 0.2) is 0 Å². The number of ether oxygens (including phenoxy) is 1. The average molecular weight is 249 g/mol. The topological polar surface area (TPSA) is 37.4 Å². The molecule has 4 heteroatoms. The zero-order valence-electron chi connectivity index (χ0n) is 11.5. The van der Waals surface area contributed by atoms with Crippen molar-refractivity contribution < 1.29 is 4.74 Å². The molecule has 1 aliphatic heterocycles. The molecule has 1 unspecified atom stereocenters. The second-order valence-electron chi connectivity index (χ2n) is 5.16. The first-order valence-corrected chi connectivity index (χ1v) is 6.65. The van der Waals surface area contributed by atoms with Gasteiger partial charge in [0.1, 0.15) is 0 Å². The fraction of sp³-hybridized carbons (Fsp3) is 0.643. The minimum Gasteiger partial charge on any atom is -0.481 e. The van der Waals surface area contributed by atoms with E-state index in [0.29, 0.717) is 18.0 Å². The van der Waals surface area contributed by atoms with Crippen LogP contribution in [-0.2, 0) is 6.54 Å². The van der Waals surface area contributed by atoms with Gasteiger partial charge in [0.2, 0.25) is 5.88 Å². The van der Waals surface area contributed by atoms with Crippen LogP contribution >= 0.6 is 0 Å². The van der Waals surface area contributed by atoms with E-state index in [1.807, 2.05) is 12.3 Å². The third kappa shape index (κ3) is 3.43. The molecule has 0 aromatic carbocycles. The lowest BCUT2D eigenvalue weighted by Gasteiger charge is -2.20. The van der Waals surface area contributed by atoms with Crippen LogP contribution in [0.1, 0.15) is 25.8 Å². The number of likely N-dealkylation sites (tertiary alicyclic amines) is 1. The van der Waals surface area contributed by atoms with E-state index in [1.165, 1.54) is 18.5 Å². The minimum atomic E-state index is 0.606. The van der Waals surface area contributed by atoms with Gasteiger partial charge in [-0.15, -0.1) is 0 Å². The maximum absolute atomic E-state index is 5.05. The maximum Gasteiger partial charge on any atom is 0.212 e. The predicted octanol–water partition coefficient (Wildman–Crippen LogP) is 1.66. The van der Waals surface area contributed by atoms with E-state index in [-0.39, 0.29) is 0 Å². The Hall–Kier alpha value is -1.13. The van der Waals surface area contributed by atoms with Crippen LogP contribution in [0.25, 0.3) is 0 Å². The van der Waals surface area contributed by atoms with Crippen molar-refractivity contribution in [2.45, 2.75) is 38.9 Å². The summed E-state index contributed by atoms with van der Waals surface area (Å²) in [5.74, 6) is 0.672. The van der Waals surface area contributed by atoms with Crippen LogP contribution in [0.2, 0.25) is 0 Å². The van der Waals surface area contributed by atoms with Crippen LogP contribution in [0.15, 0.2) is 18.3 Å². The van der Waals surface area contributed by atoms with Crippen molar-refractivity contribution in [3.63, 3.8) is 0 Å². The molecular formula is C14H23N3O. The number of hydrogen-bond acceptors (Lipinski definition) is 4. The minimum absolute atomic E-state index is 0.606. The summed E-state index contributed by atoms with van der Waals surface area (Å²) < 4.78 is 5.05. The second-order valence-corrected chi connectivity index (χ2v) is 5.16.